The largest absolute Gasteiger partial charge is 0.349 e. The molecule has 0 atom stereocenters. The lowest BCUT2D eigenvalue weighted by molar-refractivity contribution is -0.199. The summed E-state index contributed by atoms with van der Waals surface area (Å²) < 4.78 is 12.7. The summed E-state index contributed by atoms with van der Waals surface area (Å²) in [5.41, 5.74) is 0. The minimum absolute atomic E-state index is 0.671. The van der Waals surface area contributed by atoms with Gasteiger partial charge in [-0.25, -0.2) is 0 Å². The molecule has 0 aliphatic carbocycles. The average Bonchev–Trinajstić information content (AvgIpc) is 2.44. The first kappa shape index (κ1) is 11.7. The fraction of sp³-hybridized carbons (Fsp3) is 0.500. The first-order chi connectivity index (χ1) is 6.03. The van der Waals surface area contributed by atoms with E-state index in [0.717, 1.165) is 13.1 Å². The number of hydrogen-bond acceptors (Lipinski definition) is 3. The van der Waals surface area contributed by atoms with Crippen LogP contribution in [0.4, 0.5) is 0 Å². The molecule has 1 heterocycles. The highest BCUT2D eigenvalue weighted by Crippen LogP contribution is 2.40. The van der Waals surface area contributed by atoms with Gasteiger partial charge in [0.15, 0.2) is 0 Å². The zero-order chi connectivity index (χ0) is 10.1. The molecular weight excluding hydrogens is 320 g/mol. The van der Waals surface area contributed by atoms with Crippen LogP contribution in [0.25, 0.3) is 0 Å². The van der Waals surface area contributed by atoms with Crippen molar-refractivity contribution in [3.8, 4) is 0 Å². The summed E-state index contributed by atoms with van der Waals surface area (Å²) in [6, 6.07) is 1.98. The summed E-state index contributed by atoms with van der Waals surface area (Å²) in [6.07, 6.45) is 0. The SMILES string of the molecule is COC(C)(OC)c1sc(Br)cc1Br. The van der Waals surface area contributed by atoms with Gasteiger partial charge in [0.05, 0.1) is 8.66 Å². The molecule has 0 bridgehead atoms. The van der Waals surface area contributed by atoms with E-state index < -0.39 is 5.79 Å². The van der Waals surface area contributed by atoms with Crippen LogP contribution in [0.15, 0.2) is 14.3 Å². The van der Waals surface area contributed by atoms with E-state index in [9.17, 15) is 0 Å². The number of hydrogen-bond donors (Lipinski definition) is 0. The minimum Gasteiger partial charge on any atom is -0.349 e. The predicted molar refractivity (Wildman–Crippen MR) is 61.1 cm³/mol. The fourth-order valence-electron chi connectivity index (χ4n) is 0.919. The predicted octanol–water partition coefficient (Wildman–Crippen LogP) is 3.74. The van der Waals surface area contributed by atoms with Gasteiger partial charge in [-0.2, -0.15) is 0 Å². The van der Waals surface area contributed by atoms with Crippen molar-refractivity contribution in [1.82, 2.24) is 0 Å². The maximum Gasteiger partial charge on any atom is 0.201 e. The molecule has 0 radical (unpaired) electrons. The second-order valence-corrected chi connectivity index (χ2v) is 5.87. The van der Waals surface area contributed by atoms with Crippen molar-refractivity contribution in [2.24, 2.45) is 0 Å². The molecule has 1 aromatic rings. The fourth-order valence-corrected chi connectivity index (χ4v) is 3.80. The van der Waals surface area contributed by atoms with Gasteiger partial charge in [0.25, 0.3) is 0 Å². The lowest BCUT2D eigenvalue weighted by Gasteiger charge is -2.25. The Morgan fingerprint density at radius 3 is 2.15 bits per heavy atom. The zero-order valence-corrected chi connectivity index (χ0v) is 11.5. The van der Waals surface area contributed by atoms with Crippen LogP contribution in [0.2, 0.25) is 0 Å². The Balaban J connectivity index is 3.11. The van der Waals surface area contributed by atoms with E-state index in [1.54, 1.807) is 25.6 Å². The number of halogens is 2. The third kappa shape index (κ3) is 2.33. The van der Waals surface area contributed by atoms with E-state index in [4.69, 9.17) is 9.47 Å². The van der Waals surface area contributed by atoms with E-state index >= 15 is 0 Å². The van der Waals surface area contributed by atoms with Crippen molar-refractivity contribution in [3.63, 3.8) is 0 Å². The van der Waals surface area contributed by atoms with Crippen LogP contribution in [0.1, 0.15) is 11.8 Å². The van der Waals surface area contributed by atoms with Gasteiger partial charge in [0.2, 0.25) is 5.79 Å². The molecule has 0 fully saturated rings. The summed E-state index contributed by atoms with van der Waals surface area (Å²) in [5, 5.41) is 0. The van der Waals surface area contributed by atoms with E-state index in [-0.39, 0.29) is 0 Å². The molecule has 1 rings (SSSR count). The van der Waals surface area contributed by atoms with E-state index in [0.29, 0.717) is 0 Å². The topological polar surface area (TPSA) is 18.5 Å². The Hall–Kier alpha value is 0.580. The van der Waals surface area contributed by atoms with Gasteiger partial charge in [-0.15, -0.1) is 11.3 Å². The molecule has 0 spiro atoms. The molecule has 0 aromatic carbocycles. The highest BCUT2D eigenvalue weighted by molar-refractivity contribution is 9.11. The van der Waals surface area contributed by atoms with Crippen LogP contribution in [0.3, 0.4) is 0 Å². The molecule has 5 heteroatoms. The Morgan fingerprint density at radius 2 is 1.85 bits per heavy atom. The number of thiophene rings is 1. The maximum absolute atomic E-state index is 5.30. The van der Waals surface area contributed by atoms with Gasteiger partial charge in [0.1, 0.15) is 0 Å². The van der Waals surface area contributed by atoms with E-state index in [1.807, 2.05) is 13.0 Å². The molecule has 0 unspecified atom stereocenters. The summed E-state index contributed by atoms with van der Waals surface area (Å²) in [6.45, 7) is 1.88. The quantitative estimate of drug-likeness (QED) is 0.786. The number of ether oxygens (including phenoxy) is 2. The van der Waals surface area contributed by atoms with Crippen molar-refractivity contribution in [2.45, 2.75) is 12.7 Å². The molecule has 74 valence electrons. The van der Waals surface area contributed by atoms with Gasteiger partial charge in [-0.1, -0.05) is 0 Å². The van der Waals surface area contributed by atoms with Gasteiger partial charge in [0, 0.05) is 18.7 Å². The maximum atomic E-state index is 5.30. The van der Waals surface area contributed by atoms with Gasteiger partial charge in [-0.3, -0.25) is 0 Å². The summed E-state index contributed by atoms with van der Waals surface area (Å²) in [5.74, 6) is -0.671. The molecule has 1 aromatic heterocycles. The molecule has 0 saturated heterocycles. The summed E-state index contributed by atoms with van der Waals surface area (Å²) in [4.78, 5) is 1.02. The molecule has 0 aliphatic heterocycles. The highest BCUT2D eigenvalue weighted by Gasteiger charge is 2.30. The Labute approximate surface area is 98.5 Å². The van der Waals surface area contributed by atoms with Crippen molar-refractivity contribution in [1.29, 1.82) is 0 Å². The molecule has 2 nitrogen and oxygen atoms in total. The smallest absolute Gasteiger partial charge is 0.201 e. The van der Waals surface area contributed by atoms with Gasteiger partial charge < -0.3 is 9.47 Å². The summed E-state index contributed by atoms with van der Waals surface area (Å²) in [7, 11) is 3.26. The Morgan fingerprint density at radius 1 is 1.31 bits per heavy atom. The van der Waals surface area contributed by atoms with Gasteiger partial charge >= 0.3 is 0 Å². The molecule has 0 saturated carbocycles. The highest BCUT2D eigenvalue weighted by atomic mass is 79.9. The second kappa shape index (κ2) is 4.40. The molecule has 13 heavy (non-hydrogen) atoms. The van der Waals surface area contributed by atoms with E-state index in [1.165, 1.54) is 0 Å². The molecule has 0 N–H and O–H groups in total. The lowest BCUT2D eigenvalue weighted by atomic mass is 10.2. The normalized spacial score (nSPS) is 12.1. The first-order valence-corrected chi connectivity index (χ1v) is 5.99. The van der Waals surface area contributed by atoms with Crippen molar-refractivity contribution in [3.05, 3.63) is 19.2 Å². The molecule has 0 amide bonds. The second-order valence-electron chi connectivity index (χ2n) is 2.58. The van der Waals surface area contributed by atoms with Crippen LogP contribution in [0.5, 0.6) is 0 Å². The summed E-state index contributed by atoms with van der Waals surface area (Å²) >= 11 is 8.46. The molecule has 0 aliphatic rings. The minimum atomic E-state index is -0.671. The average molecular weight is 330 g/mol. The van der Waals surface area contributed by atoms with Crippen molar-refractivity contribution >= 4 is 43.2 Å². The van der Waals surface area contributed by atoms with E-state index in [2.05, 4.69) is 31.9 Å². The van der Waals surface area contributed by atoms with Crippen LogP contribution >= 0.6 is 43.2 Å². The third-order valence-electron chi connectivity index (χ3n) is 1.85. The Bertz CT molecular complexity index is 294. The standard InChI is InChI=1S/C8H10Br2O2S/c1-8(11-2,12-3)7-5(9)4-6(10)13-7/h4H,1-3H3. The van der Waals surface area contributed by atoms with Crippen LogP contribution in [-0.4, -0.2) is 14.2 Å². The number of methoxy groups -OCH3 is 2. The number of rotatable bonds is 3. The van der Waals surface area contributed by atoms with Crippen molar-refractivity contribution < 1.29 is 9.47 Å². The zero-order valence-electron chi connectivity index (χ0n) is 7.56. The lowest BCUT2D eigenvalue weighted by Crippen LogP contribution is -2.25. The van der Waals surface area contributed by atoms with Crippen LogP contribution in [-0.2, 0) is 15.3 Å². The van der Waals surface area contributed by atoms with Crippen LogP contribution < -0.4 is 0 Å². The Kier molecular flexibility index (Phi) is 3.94. The van der Waals surface area contributed by atoms with Crippen LogP contribution in [0, 0.1) is 0 Å². The monoisotopic (exact) mass is 328 g/mol. The van der Waals surface area contributed by atoms with Gasteiger partial charge in [-0.05, 0) is 44.8 Å². The van der Waals surface area contributed by atoms with Crippen molar-refractivity contribution in [2.75, 3.05) is 14.2 Å². The third-order valence-corrected chi connectivity index (χ3v) is 4.56. The molecular formula is C8H10Br2O2S. The first-order valence-electron chi connectivity index (χ1n) is 3.59.